The maximum atomic E-state index is 4.65. The van der Waals surface area contributed by atoms with Crippen LogP contribution in [0.3, 0.4) is 0 Å². The van der Waals surface area contributed by atoms with Gasteiger partial charge in [0.1, 0.15) is 0 Å². The van der Waals surface area contributed by atoms with Crippen LogP contribution in [0.2, 0.25) is 0 Å². The summed E-state index contributed by atoms with van der Waals surface area (Å²) >= 11 is 0. The minimum atomic E-state index is 0.971. The molecule has 0 fully saturated rings. The lowest BCUT2D eigenvalue weighted by Gasteiger charge is -2.08. The molecule has 1 aromatic carbocycles. The lowest BCUT2D eigenvalue weighted by atomic mass is 9.97. The first-order valence-electron chi connectivity index (χ1n) is 6.38. The molecule has 0 unspecified atom stereocenters. The number of hydrogen-bond donors (Lipinski definition) is 0. The van der Waals surface area contributed by atoms with Crippen molar-refractivity contribution in [1.29, 1.82) is 0 Å². The Kier molecular flexibility index (Phi) is 3.42. The van der Waals surface area contributed by atoms with Crippen molar-refractivity contribution in [2.24, 2.45) is 4.99 Å². The number of benzene rings is 1. The van der Waals surface area contributed by atoms with Gasteiger partial charge in [0.25, 0.3) is 0 Å². The van der Waals surface area contributed by atoms with E-state index in [1.54, 1.807) is 0 Å². The Morgan fingerprint density at radius 2 is 2.19 bits per heavy atom. The monoisotopic (exact) mass is 215 g/mol. The molecule has 0 saturated heterocycles. The van der Waals surface area contributed by atoms with Crippen LogP contribution >= 0.6 is 0 Å². The van der Waals surface area contributed by atoms with Crippen molar-refractivity contribution in [3.8, 4) is 0 Å². The Balaban J connectivity index is 2.38. The average molecular weight is 215 g/mol. The van der Waals surface area contributed by atoms with Gasteiger partial charge >= 0.3 is 0 Å². The van der Waals surface area contributed by atoms with Gasteiger partial charge in [-0.3, -0.25) is 4.99 Å². The SMILES string of the molecule is C=c1cc2c(c(CCCCC)c1C)=NCC2. The minimum absolute atomic E-state index is 0.971. The van der Waals surface area contributed by atoms with Gasteiger partial charge in [-0.15, -0.1) is 0 Å². The van der Waals surface area contributed by atoms with E-state index in [2.05, 4.69) is 31.5 Å². The van der Waals surface area contributed by atoms with Crippen LogP contribution < -0.4 is 10.6 Å². The van der Waals surface area contributed by atoms with E-state index in [0.717, 1.165) is 13.0 Å². The van der Waals surface area contributed by atoms with E-state index in [4.69, 9.17) is 0 Å². The molecule has 0 N–H and O–H groups in total. The highest BCUT2D eigenvalue weighted by molar-refractivity contribution is 5.35. The summed E-state index contributed by atoms with van der Waals surface area (Å²) in [6, 6.07) is 2.23. The average Bonchev–Trinajstić information content (AvgIpc) is 2.71. The quantitative estimate of drug-likeness (QED) is 0.684. The first-order valence-corrected chi connectivity index (χ1v) is 6.38. The molecule has 1 nitrogen and oxygen atoms in total. The molecule has 2 rings (SSSR count). The third kappa shape index (κ3) is 2.04. The molecule has 0 aliphatic carbocycles. The largest absolute Gasteiger partial charge is 0.284 e. The molecule has 16 heavy (non-hydrogen) atoms. The molecule has 1 aliphatic rings. The van der Waals surface area contributed by atoms with Crippen molar-refractivity contribution in [2.75, 3.05) is 6.54 Å². The normalized spacial score (nSPS) is 13.6. The summed E-state index contributed by atoms with van der Waals surface area (Å²) in [6.07, 6.45) is 6.16. The topological polar surface area (TPSA) is 12.4 Å². The fourth-order valence-electron chi connectivity index (χ4n) is 2.49. The molecule has 0 radical (unpaired) electrons. The van der Waals surface area contributed by atoms with Crippen molar-refractivity contribution in [3.05, 3.63) is 33.3 Å². The maximum Gasteiger partial charge on any atom is 0.0642 e. The number of nitrogens with zero attached hydrogens (tertiary/aromatic N) is 1. The fourth-order valence-corrected chi connectivity index (χ4v) is 2.49. The minimum Gasteiger partial charge on any atom is -0.284 e. The zero-order chi connectivity index (χ0) is 11.5. The van der Waals surface area contributed by atoms with Gasteiger partial charge in [-0.25, -0.2) is 0 Å². The number of fused-ring (bicyclic) bond motifs is 1. The van der Waals surface area contributed by atoms with Gasteiger partial charge in [-0.1, -0.05) is 26.3 Å². The molecular weight excluding hydrogens is 194 g/mol. The lowest BCUT2D eigenvalue weighted by Crippen LogP contribution is -2.21. The summed E-state index contributed by atoms with van der Waals surface area (Å²) < 4.78 is 0. The molecule has 0 amide bonds. The van der Waals surface area contributed by atoms with E-state index in [0.29, 0.717) is 0 Å². The molecule has 1 aliphatic heterocycles. The highest BCUT2D eigenvalue weighted by Crippen LogP contribution is 2.09. The zero-order valence-corrected chi connectivity index (χ0v) is 10.5. The van der Waals surface area contributed by atoms with Crippen molar-refractivity contribution in [3.63, 3.8) is 0 Å². The molecule has 1 heteroatoms. The van der Waals surface area contributed by atoms with Gasteiger partial charge in [-0.2, -0.15) is 0 Å². The smallest absolute Gasteiger partial charge is 0.0642 e. The van der Waals surface area contributed by atoms with Crippen LogP contribution in [-0.4, -0.2) is 6.54 Å². The predicted molar refractivity (Wildman–Crippen MR) is 69.3 cm³/mol. The van der Waals surface area contributed by atoms with Crippen molar-refractivity contribution >= 4 is 6.58 Å². The van der Waals surface area contributed by atoms with E-state index in [1.807, 2.05) is 0 Å². The fraction of sp³-hybridized carbons (Fsp3) is 0.533. The van der Waals surface area contributed by atoms with E-state index < -0.39 is 0 Å². The highest BCUT2D eigenvalue weighted by Gasteiger charge is 2.11. The molecule has 0 spiro atoms. The first kappa shape index (κ1) is 11.4. The highest BCUT2D eigenvalue weighted by atomic mass is 14.7. The standard InChI is InChI=1S/C15H21N/c1-4-5-6-7-14-12(3)11(2)10-13-8-9-16-15(13)14/h10H,2,4-9H2,1,3H3. The predicted octanol–water partition coefficient (Wildman–Crippen LogP) is 2.31. The maximum absolute atomic E-state index is 4.65. The van der Waals surface area contributed by atoms with Crippen LogP contribution in [0.5, 0.6) is 0 Å². The van der Waals surface area contributed by atoms with Crippen LogP contribution in [0.4, 0.5) is 0 Å². The second-order valence-electron chi connectivity index (χ2n) is 4.74. The van der Waals surface area contributed by atoms with Gasteiger partial charge in [-0.05, 0) is 54.2 Å². The van der Waals surface area contributed by atoms with Crippen LogP contribution in [-0.2, 0) is 12.8 Å². The molecule has 0 saturated carbocycles. The second kappa shape index (κ2) is 4.82. The van der Waals surface area contributed by atoms with Gasteiger partial charge in [0, 0.05) is 6.54 Å². The lowest BCUT2D eigenvalue weighted by molar-refractivity contribution is 0.711. The number of rotatable bonds is 4. The summed E-state index contributed by atoms with van der Waals surface area (Å²) in [4.78, 5) is 4.65. The Labute approximate surface area is 97.9 Å². The van der Waals surface area contributed by atoms with Crippen LogP contribution in [0.1, 0.15) is 42.9 Å². The van der Waals surface area contributed by atoms with E-state index in [9.17, 15) is 0 Å². The van der Waals surface area contributed by atoms with Gasteiger partial charge in [0.2, 0.25) is 0 Å². The number of hydrogen-bond acceptors (Lipinski definition) is 1. The molecule has 0 aromatic heterocycles. The summed E-state index contributed by atoms with van der Waals surface area (Å²) in [5.74, 6) is 0. The van der Waals surface area contributed by atoms with Crippen molar-refractivity contribution in [1.82, 2.24) is 0 Å². The number of unbranched alkanes of at least 4 members (excludes halogenated alkanes) is 2. The Morgan fingerprint density at radius 1 is 1.38 bits per heavy atom. The molecular formula is C15H21N. The molecule has 1 aromatic rings. The summed E-state index contributed by atoms with van der Waals surface area (Å²) in [5, 5.41) is 2.49. The summed E-state index contributed by atoms with van der Waals surface area (Å²) in [5.41, 5.74) is 4.25. The summed E-state index contributed by atoms with van der Waals surface area (Å²) in [6.45, 7) is 9.56. The van der Waals surface area contributed by atoms with E-state index in [1.165, 1.54) is 52.9 Å². The third-order valence-corrected chi connectivity index (χ3v) is 3.55. The van der Waals surface area contributed by atoms with Crippen molar-refractivity contribution in [2.45, 2.75) is 46.0 Å². The summed E-state index contributed by atoms with van der Waals surface area (Å²) in [7, 11) is 0. The first-order chi connectivity index (χ1) is 7.74. The Morgan fingerprint density at radius 3 is 2.94 bits per heavy atom. The van der Waals surface area contributed by atoms with Gasteiger partial charge < -0.3 is 0 Å². The van der Waals surface area contributed by atoms with Crippen molar-refractivity contribution < 1.29 is 0 Å². The van der Waals surface area contributed by atoms with E-state index >= 15 is 0 Å². The van der Waals surface area contributed by atoms with Crippen LogP contribution in [0, 0.1) is 6.92 Å². The van der Waals surface area contributed by atoms with Crippen LogP contribution in [0.15, 0.2) is 11.1 Å². The molecule has 86 valence electrons. The van der Waals surface area contributed by atoms with Gasteiger partial charge in [0.05, 0.1) is 5.36 Å². The van der Waals surface area contributed by atoms with Gasteiger partial charge in [0.15, 0.2) is 0 Å². The Hall–Kier alpha value is -1.11. The van der Waals surface area contributed by atoms with Crippen LogP contribution in [0.25, 0.3) is 6.58 Å². The third-order valence-electron chi connectivity index (χ3n) is 3.55. The second-order valence-corrected chi connectivity index (χ2v) is 4.74. The molecule has 0 bridgehead atoms. The molecule has 1 heterocycles. The molecule has 0 atom stereocenters. The zero-order valence-electron chi connectivity index (χ0n) is 10.5. The Bertz CT molecular complexity index is 485. The van der Waals surface area contributed by atoms with E-state index in [-0.39, 0.29) is 0 Å².